The molecule has 0 amide bonds. The van der Waals surface area contributed by atoms with Crippen LogP contribution in [0.5, 0.6) is 0 Å². The van der Waals surface area contributed by atoms with Crippen LogP contribution in [-0.2, 0) is 5.41 Å². The summed E-state index contributed by atoms with van der Waals surface area (Å²) in [6.45, 7) is 4.73. The minimum absolute atomic E-state index is 0.0817. The highest BCUT2D eigenvalue weighted by Crippen LogP contribution is 2.52. The molecule has 0 atom stereocenters. The van der Waals surface area contributed by atoms with E-state index in [4.69, 9.17) is 9.97 Å². The van der Waals surface area contributed by atoms with Crippen molar-refractivity contribution >= 4 is 21.5 Å². The Labute approximate surface area is 345 Å². The second-order valence-electron chi connectivity index (χ2n) is 16.1. The van der Waals surface area contributed by atoms with Gasteiger partial charge in [0, 0.05) is 22.1 Å². The van der Waals surface area contributed by atoms with Crippen molar-refractivity contribution in [1.82, 2.24) is 9.97 Å². The van der Waals surface area contributed by atoms with Crippen molar-refractivity contribution in [1.29, 1.82) is 0 Å². The molecular weight excluding hydrogens is 713 g/mol. The van der Waals surface area contributed by atoms with E-state index in [2.05, 4.69) is 214 Å². The molecule has 0 radical (unpaired) electrons. The van der Waals surface area contributed by atoms with Crippen LogP contribution in [0.2, 0.25) is 0 Å². The first-order valence-corrected chi connectivity index (χ1v) is 20.4. The standard InChI is InChI=1S/C57H40N2/c1-57(2)51-34-30-39-17-9-10-21-45(39)55(51)50-31-29-42(35-52(50)57)37-25-27-40(28-26-37)44-32-33-49(47-23-13-12-22-46(44)47)56-58-53(41-18-7-4-8-19-41)36-54(59-56)48-24-14-11-20-43(48)38-15-5-3-6-16-38/h3-36H,1-2H3. The fraction of sp³-hybridized carbons (Fsp3) is 0.0526. The summed E-state index contributed by atoms with van der Waals surface area (Å²) in [5.74, 6) is 0.706. The summed E-state index contributed by atoms with van der Waals surface area (Å²) < 4.78 is 0. The van der Waals surface area contributed by atoms with E-state index in [1.54, 1.807) is 0 Å². The Balaban J connectivity index is 0.987. The molecule has 2 heteroatoms. The summed E-state index contributed by atoms with van der Waals surface area (Å²) in [4.78, 5) is 10.6. The zero-order chi connectivity index (χ0) is 39.5. The molecule has 9 aromatic carbocycles. The SMILES string of the molecule is CC1(C)c2cc(-c3ccc(-c4ccc(-c5nc(-c6ccccc6)cc(-c6ccccc6-c6ccccc6)n5)c5ccccc45)cc3)ccc2-c2c1ccc1ccccc21. The third kappa shape index (κ3) is 5.87. The molecule has 1 heterocycles. The zero-order valence-corrected chi connectivity index (χ0v) is 33.0. The lowest BCUT2D eigenvalue weighted by molar-refractivity contribution is 0.661. The van der Waals surface area contributed by atoms with Gasteiger partial charge in [-0.1, -0.05) is 202 Å². The Morgan fingerprint density at radius 1 is 0.322 bits per heavy atom. The second kappa shape index (κ2) is 13.9. The monoisotopic (exact) mass is 752 g/mol. The summed E-state index contributed by atoms with van der Waals surface area (Å²) >= 11 is 0. The van der Waals surface area contributed by atoms with Crippen molar-refractivity contribution in [3.63, 3.8) is 0 Å². The first kappa shape index (κ1) is 34.8. The van der Waals surface area contributed by atoms with Gasteiger partial charge in [-0.15, -0.1) is 0 Å². The first-order valence-electron chi connectivity index (χ1n) is 20.4. The quantitative estimate of drug-likeness (QED) is 0.169. The van der Waals surface area contributed by atoms with Crippen molar-refractivity contribution in [2.24, 2.45) is 0 Å². The molecule has 11 rings (SSSR count). The Bertz CT molecular complexity index is 3220. The number of nitrogens with zero attached hydrogens (tertiary/aromatic N) is 2. The molecule has 2 nitrogen and oxygen atoms in total. The van der Waals surface area contributed by atoms with Crippen molar-refractivity contribution in [2.75, 3.05) is 0 Å². The summed E-state index contributed by atoms with van der Waals surface area (Å²) in [5, 5.41) is 4.91. The number of rotatable bonds is 6. The lowest BCUT2D eigenvalue weighted by atomic mass is 9.81. The van der Waals surface area contributed by atoms with Crippen LogP contribution in [-0.4, -0.2) is 9.97 Å². The third-order valence-electron chi connectivity index (χ3n) is 12.3. The van der Waals surface area contributed by atoms with Gasteiger partial charge in [0.1, 0.15) is 0 Å². The van der Waals surface area contributed by atoms with E-state index in [9.17, 15) is 0 Å². The maximum absolute atomic E-state index is 5.34. The van der Waals surface area contributed by atoms with Crippen LogP contribution in [0.15, 0.2) is 206 Å². The van der Waals surface area contributed by atoms with Gasteiger partial charge in [-0.2, -0.15) is 0 Å². The van der Waals surface area contributed by atoms with Gasteiger partial charge in [0.25, 0.3) is 0 Å². The van der Waals surface area contributed by atoms with Gasteiger partial charge < -0.3 is 0 Å². The molecule has 0 fully saturated rings. The fourth-order valence-electron chi connectivity index (χ4n) is 9.31. The van der Waals surface area contributed by atoms with Crippen LogP contribution < -0.4 is 0 Å². The molecule has 278 valence electrons. The maximum atomic E-state index is 5.34. The van der Waals surface area contributed by atoms with Crippen LogP contribution in [0.4, 0.5) is 0 Å². The van der Waals surface area contributed by atoms with Crippen molar-refractivity contribution in [3.8, 4) is 78.4 Å². The van der Waals surface area contributed by atoms with E-state index in [1.165, 1.54) is 60.7 Å². The van der Waals surface area contributed by atoms with Gasteiger partial charge in [0.2, 0.25) is 0 Å². The minimum atomic E-state index is -0.0817. The van der Waals surface area contributed by atoms with Gasteiger partial charge in [-0.3, -0.25) is 0 Å². The molecule has 0 saturated carbocycles. The van der Waals surface area contributed by atoms with Crippen molar-refractivity contribution < 1.29 is 0 Å². The molecular formula is C57H40N2. The molecule has 59 heavy (non-hydrogen) atoms. The Kier molecular flexibility index (Phi) is 8.20. The molecule has 1 aliphatic rings. The van der Waals surface area contributed by atoms with E-state index in [1.807, 2.05) is 6.07 Å². The summed E-state index contributed by atoms with van der Waals surface area (Å²) in [7, 11) is 0. The van der Waals surface area contributed by atoms with E-state index >= 15 is 0 Å². The lowest BCUT2D eigenvalue weighted by Crippen LogP contribution is -2.15. The molecule has 0 saturated heterocycles. The van der Waals surface area contributed by atoms with Gasteiger partial charge in [-0.05, 0) is 95.4 Å². The van der Waals surface area contributed by atoms with Crippen molar-refractivity contribution in [3.05, 3.63) is 217 Å². The van der Waals surface area contributed by atoms with Gasteiger partial charge >= 0.3 is 0 Å². The fourth-order valence-corrected chi connectivity index (χ4v) is 9.31. The predicted molar refractivity (Wildman–Crippen MR) is 247 cm³/mol. The van der Waals surface area contributed by atoms with Crippen LogP contribution in [0.3, 0.4) is 0 Å². The molecule has 0 unspecified atom stereocenters. The average molecular weight is 753 g/mol. The van der Waals surface area contributed by atoms with Crippen molar-refractivity contribution in [2.45, 2.75) is 19.3 Å². The highest BCUT2D eigenvalue weighted by atomic mass is 14.9. The molecule has 0 N–H and O–H groups in total. The van der Waals surface area contributed by atoms with E-state index in [0.29, 0.717) is 5.82 Å². The predicted octanol–water partition coefficient (Wildman–Crippen LogP) is 15.1. The molecule has 0 bridgehead atoms. The van der Waals surface area contributed by atoms with E-state index < -0.39 is 0 Å². The van der Waals surface area contributed by atoms with Gasteiger partial charge in [0.15, 0.2) is 5.82 Å². The first-order chi connectivity index (χ1) is 29.0. The molecule has 1 aromatic heterocycles. The molecule has 1 aliphatic carbocycles. The van der Waals surface area contributed by atoms with E-state index in [0.717, 1.165) is 44.6 Å². The van der Waals surface area contributed by atoms with Crippen LogP contribution in [0, 0.1) is 0 Å². The van der Waals surface area contributed by atoms with Gasteiger partial charge in [-0.25, -0.2) is 9.97 Å². The Morgan fingerprint density at radius 2 is 0.864 bits per heavy atom. The maximum Gasteiger partial charge on any atom is 0.161 e. The number of aromatic nitrogens is 2. The summed E-state index contributed by atoms with van der Waals surface area (Å²) in [5.41, 5.74) is 17.5. The lowest BCUT2D eigenvalue weighted by Gasteiger charge is -2.22. The Morgan fingerprint density at radius 3 is 1.63 bits per heavy atom. The number of benzene rings is 9. The third-order valence-corrected chi connectivity index (χ3v) is 12.3. The second-order valence-corrected chi connectivity index (χ2v) is 16.1. The minimum Gasteiger partial charge on any atom is -0.228 e. The van der Waals surface area contributed by atoms with Crippen LogP contribution in [0.1, 0.15) is 25.0 Å². The number of fused-ring (bicyclic) bond motifs is 6. The molecule has 0 spiro atoms. The van der Waals surface area contributed by atoms with Gasteiger partial charge in [0.05, 0.1) is 11.4 Å². The normalized spacial score (nSPS) is 12.7. The molecule has 10 aromatic rings. The molecule has 0 aliphatic heterocycles. The average Bonchev–Trinajstić information content (AvgIpc) is 3.54. The highest BCUT2D eigenvalue weighted by molar-refractivity contribution is 6.05. The number of hydrogen-bond donors (Lipinski definition) is 0. The van der Waals surface area contributed by atoms with Crippen LogP contribution in [0.25, 0.3) is 100.0 Å². The largest absolute Gasteiger partial charge is 0.228 e. The highest BCUT2D eigenvalue weighted by Gasteiger charge is 2.36. The van der Waals surface area contributed by atoms with Crippen LogP contribution >= 0.6 is 0 Å². The summed E-state index contributed by atoms with van der Waals surface area (Å²) in [6, 6.07) is 74.2. The zero-order valence-electron chi connectivity index (χ0n) is 33.0. The van der Waals surface area contributed by atoms with E-state index in [-0.39, 0.29) is 5.41 Å². The number of hydrogen-bond acceptors (Lipinski definition) is 2. The topological polar surface area (TPSA) is 25.8 Å². The Hall–Kier alpha value is -7.42. The smallest absolute Gasteiger partial charge is 0.161 e. The summed E-state index contributed by atoms with van der Waals surface area (Å²) in [6.07, 6.45) is 0.